The molecule has 22 heavy (non-hydrogen) atoms. The Bertz CT molecular complexity index is 866. The number of aliphatic hydroxyl groups is 1. The smallest absolute Gasteiger partial charge is 0.116 e. The summed E-state index contributed by atoms with van der Waals surface area (Å²) in [5, 5.41) is 18.4. The summed E-state index contributed by atoms with van der Waals surface area (Å²) in [6, 6.07) is 10.7. The van der Waals surface area contributed by atoms with E-state index < -0.39 is 0 Å². The lowest BCUT2D eigenvalue weighted by Gasteiger charge is -2.10. The molecule has 0 spiro atoms. The minimum absolute atomic E-state index is 0.293. The topological polar surface area (TPSA) is 50.9 Å². The van der Waals surface area contributed by atoms with E-state index in [1.807, 2.05) is 7.05 Å². The van der Waals surface area contributed by atoms with Crippen LogP contribution in [0.1, 0.15) is 40.3 Å². The molecule has 1 atom stereocenters. The van der Waals surface area contributed by atoms with Gasteiger partial charge in [0.1, 0.15) is 5.52 Å². The molecule has 0 aliphatic heterocycles. The maximum Gasteiger partial charge on any atom is 0.116 e. The van der Waals surface area contributed by atoms with Crippen molar-refractivity contribution >= 4 is 11.0 Å². The first-order valence-corrected chi connectivity index (χ1v) is 7.71. The van der Waals surface area contributed by atoms with Gasteiger partial charge in [0.05, 0.1) is 11.6 Å². The van der Waals surface area contributed by atoms with Crippen molar-refractivity contribution in [1.29, 1.82) is 0 Å². The average Bonchev–Trinajstić information content (AvgIpc) is 3.07. The van der Waals surface area contributed by atoms with Gasteiger partial charge >= 0.3 is 0 Å². The number of fused-ring (bicyclic) bond motifs is 2. The Kier molecular flexibility index (Phi) is 3.01. The van der Waals surface area contributed by atoms with E-state index in [0.717, 1.165) is 35.9 Å². The highest BCUT2D eigenvalue weighted by Crippen LogP contribution is 2.32. The first-order valence-electron chi connectivity index (χ1n) is 7.71. The molecule has 0 unspecified atom stereocenters. The van der Waals surface area contributed by atoms with E-state index in [1.165, 1.54) is 22.3 Å². The molecule has 0 saturated heterocycles. The average molecular weight is 293 g/mol. The van der Waals surface area contributed by atoms with E-state index in [9.17, 15) is 5.11 Å². The maximum absolute atomic E-state index is 10.0. The number of hydrogen-bond donors (Lipinski definition) is 1. The zero-order valence-corrected chi connectivity index (χ0v) is 12.9. The third-order valence-electron chi connectivity index (χ3n) is 4.80. The maximum atomic E-state index is 10.0. The molecule has 1 heterocycles. The largest absolute Gasteiger partial charge is 0.388 e. The Balaban J connectivity index is 1.72. The number of rotatable bonds is 2. The molecular formula is C18H19N3O. The molecule has 1 N–H and O–H groups in total. The van der Waals surface area contributed by atoms with E-state index in [-0.39, 0.29) is 6.10 Å². The quantitative estimate of drug-likeness (QED) is 0.790. The normalized spacial score (nSPS) is 17.1. The van der Waals surface area contributed by atoms with Crippen LogP contribution in [-0.4, -0.2) is 20.1 Å². The van der Waals surface area contributed by atoms with Crippen molar-refractivity contribution in [3.8, 4) is 0 Å². The zero-order chi connectivity index (χ0) is 15.3. The van der Waals surface area contributed by atoms with Crippen molar-refractivity contribution < 1.29 is 5.11 Å². The summed E-state index contributed by atoms with van der Waals surface area (Å²) in [6.07, 6.45) is 2.40. The number of aromatic nitrogens is 3. The highest BCUT2D eigenvalue weighted by Gasteiger charge is 2.20. The molecule has 1 aliphatic carbocycles. The number of benzene rings is 2. The predicted molar refractivity (Wildman–Crippen MR) is 85.8 cm³/mol. The van der Waals surface area contributed by atoms with Crippen molar-refractivity contribution in [2.75, 3.05) is 0 Å². The van der Waals surface area contributed by atoms with Crippen LogP contribution in [0.3, 0.4) is 0 Å². The highest BCUT2D eigenvalue weighted by molar-refractivity contribution is 5.79. The lowest BCUT2D eigenvalue weighted by atomic mass is 9.97. The van der Waals surface area contributed by atoms with Gasteiger partial charge in [0, 0.05) is 7.05 Å². The Morgan fingerprint density at radius 1 is 1.27 bits per heavy atom. The Labute approximate surface area is 129 Å². The van der Waals surface area contributed by atoms with E-state index >= 15 is 0 Å². The first kappa shape index (κ1) is 13.5. The van der Waals surface area contributed by atoms with Crippen molar-refractivity contribution in [3.05, 3.63) is 58.1 Å². The molecule has 4 nitrogen and oxygen atoms in total. The SMILES string of the molecule is Cc1c(Cc2ccc3c(c2)[C@H](O)CC3)ccc2c1nnn2C. The molecule has 1 aromatic heterocycles. The van der Waals surface area contributed by atoms with Gasteiger partial charge in [-0.2, -0.15) is 0 Å². The van der Waals surface area contributed by atoms with E-state index in [2.05, 4.69) is 47.6 Å². The van der Waals surface area contributed by atoms with Crippen LogP contribution in [0.2, 0.25) is 0 Å². The minimum atomic E-state index is -0.293. The molecule has 4 rings (SSSR count). The Morgan fingerprint density at radius 2 is 2.14 bits per heavy atom. The molecule has 2 aromatic carbocycles. The van der Waals surface area contributed by atoms with Crippen LogP contribution in [0.25, 0.3) is 11.0 Å². The van der Waals surface area contributed by atoms with Crippen LogP contribution in [0.15, 0.2) is 30.3 Å². The first-order chi connectivity index (χ1) is 10.6. The standard InChI is InChI=1S/C18H19N3O/c1-11-14(5-7-16-18(11)19-20-21(16)2)9-12-3-4-13-6-8-17(22)15(13)10-12/h3-5,7,10,17,22H,6,8-9H2,1-2H3/t17-/m1/s1. The van der Waals surface area contributed by atoms with Crippen LogP contribution < -0.4 is 0 Å². The van der Waals surface area contributed by atoms with Gasteiger partial charge < -0.3 is 5.11 Å². The summed E-state index contributed by atoms with van der Waals surface area (Å²) in [4.78, 5) is 0. The second-order valence-electron chi connectivity index (χ2n) is 6.19. The summed E-state index contributed by atoms with van der Waals surface area (Å²) < 4.78 is 1.80. The molecule has 0 bridgehead atoms. The van der Waals surface area contributed by atoms with Crippen molar-refractivity contribution in [2.24, 2.45) is 7.05 Å². The predicted octanol–water partition coefficient (Wildman–Crippen LogP) is 2.85. The summed E-state index contributed by atoms with van der Waals surface area (Å²) in [6.45, 7) is 2.11. The van der Waals surface area contributed by atoms with Crippen molar-refractivity contribution in [3.63, 3.8) is 0 Å². The molecule has 4 heteroatoms. The lowest BCUT2D eigenvalue weighted by molar-refractivity contribution is 0.180. The number of aliphatic hydroxyl groups excluding tert-OH is 1. The molecular weight excluding hydrogens is 274 g/mol. The molecule has 0 fully saturated rings. The molecule has 3 aromatic rings. The van der Waals surface area contributed by atoms with Crippen LogP contribution in [0.5, 0.6) is 0 Å². The molecule has 1 aliphatic rings. The van der Waals surface area contributed by atoms with E-state index in [1.54, 1.807) is 4.68 Å². The summed E-state index contributed by atoms with van der Waals surface area (Å²) in [5.74, 6) is 0. The summed E-state index contributed by atoms with van der Waals surface area (Å²) in [7, 11) is 1.91. The second-order valence-corrected chi connectivity index (χ2v) is 6.19. The third-order valence-corrected chi connectivity index (χ3v) is 4.80. The van der Waals surface area contributed by atoms with Gasteiger partial charge in [-0.05, 0) is 60.1 Å². The molecule has 112 valence electrons. The van der Waals surface area contributed by atoms with E-state index in [4.69, 9.17) is 0 Å². The Hall–Kier alpha value is -2.20. The van der Waals surface area contributed by atoms with Gasteiger partial charge in [-0.1, -0.05) is 29.5 Å². The Morgan fingerprint density at radius 3 is 3.00 bits per heavy atom. The van der Waals surface area contributed by atoms with Crippen LogP contribution in [0, 0.1) is 6.92 Å². The van der Waals surface area contributed by atoms with Gasteiger partial charge in [0.25, 0.3) is 0 Å². The van der Waals surface area contributed by atoms with Gasteiger partial charge in [0.2, 0.25) is 0 Å². The zero-order valence-electron chi connectivity index (χ0n) is 12.9. The fourth-order valence-electron chi connectivity index (χ4n) is 3.43. The van der Waals surface area contributed by atoms with Crippen molar-refractivity contribution in [2.45, 2.75) is 32.3 Å². The van der Waals surface area contributed by atoms with Crippen LogP contribution in [0.4, 0.5) is 0 Å². The monoisotopic (exact) mass is 293 g/mol. The van der Waals surface area contributed by atoms with E-state index in [0.29, 0.717) is 0 Å². The number of hydrogen-bond acceptors (Lipinski definition) is 3. The van der Waals surface area contributed by atoms with Gasteiger partial charge in [-0.25, -0.2) is 4.68 Å². The number of nitrogens with zero attached hydrogens (tertiary/aromatic N) is 3. The molecule has 0 saturated carbocycles. The molecule has 0 amide bonds. The minimum Gasteiger partial charge on any atom is -0.388 e. The highest BCUT2D eigenvalue weighted by atomic mass is 16.3. The second kappa shape index (κ2) is 4.92. The fourth-order valence-corrected chi connectivity index (χ4v) is 3.43. The van der Waals surface area contributed by atoms with Crippen LogP contribution in [-0.2, 0) is 19.9 Å². The van der Waals surface area contributed by atoms with Gasteiger partial charge in [0.15, 0.2) is 0 Å². The molecule has 0 radical (unpaired) electrons. The van der Waals surface area contributed by atoms with Gasteiger partial charge in [-0.3, -0.25) is 0 Å². The van der Waals surface area contributed by atoms with Gasteiger partial charge in [-0.15, -0.1) is 5.10 Å². The van der Waals surface area contributed by atoms with Crippen molar-refractivity contribution in [1.82, 2.24) is 15.0 Å². The third kappa shape index (κ3) is 2.03. The fraction of sp³-hybridized carbons (Fsp3) is 0.333. The lowest BCUT2D eigenvalue weighted by Crippen LogP contribution is -1.97. The van der Waals surface area contributed by atoms with Crippen LogP contribution >= 0.6 is 0 Å². The summed E-state index contributed by atoms with van der Waals surface area (Å²) >= 11 is 0. The summed E-state index contributed by atoms with van der Waals surface area (Å²) in [5.41, 5.74) is 8.12. The number of aryl methyl sites for hydroxylation is 3.